The van der Waals surface area contributed by atoms with Crippen molar-refractivity contribution in [1.82, 2.24) is 9.78 Å². The Morgan fingerprint density at radius 3 is 2.41 bits per heavy atom. The van der Waals surface area contributed by atoms with E-state index in [1.54, 1.807) is 0 Å². The molecule has 140 valence electrons. The van der Waals surface area contributed by atoms with E-state index in [-0.39, 0.29) is 11.7 Å². The Balaban J connectivity index is 1.82. The summed E-state index contributed by atoms with van der Waals surface area (Å²) in [5, 5.41) is 4.97. The van der Waals surface area contributed by atoms with Gasteiger partial charge in [-0.2, -0.15) is 5.10 Å². The lowest BCUT2D eigenvalue weighted by molar-refractivity contribution is -0.0404. The highest BCUT2D eigenvalue weighted by Gasteiger charge is 2.32. The van der Waals surface area contributed by atoms with Gasteiger partial charge in [0.15, 0.2) is 0 Å². The average Bonchev–Trinajstić information content (AvgIpc) is 3.00. The average molecular weight is 362 g/mol. The molecule has 0 saturated heterocycles. The Hall–Kier alpha value is -2.59. The van der Waals surface area contributed by atoms with E-state index in [1.165, 1.54) is 5.56 Å². The van der Waals surface area contributed by atoms with Crippen molar-refractivity contribution in [3.05, 3.63) is 65.9 Å². The SMILES string of the molecule is CC(C)Oc1ccc(-c2c3c(nn2-c2ccccc2)CC(C)(C)OC3)cc1. The number of nitrogens with zero attached hydrogens (tertiary/aromatic N) is 2. The van der Waals surface area contributed by atoms with Crippen molar-refractivity contribution in [2.24, 2.45) is 0 Å². The third-order valence-corrected chi connectivity index (χ3v) is 4.77. The third kappa shape index (κ3) is 3.62. The van der Waals surface area contributed by atoms with Gasteiger partial charge in [-0.1, -0.05) is 18.2 Å². The maximum atomic E-state index is 6.10. The van der Waals surface area contributed by atoms with Crippen LogP contribution in [0.2, 0.25) is 0 Å². The van der Waals surface area contributed by atoms with Crippen molar-refractivity contribution in [1.29, 1.82) is 0 Å². The molecule has 2 heterocycles. The Morgan fingerprint density at radius 1 is 1.04 bits per heavy atom. The third-order valence-electron chi connectivity index (χ3n) is 4.77. The number of ether oxygens (including phenoxy) is 2. The summed E-state index contributed by atoms with van der Waals surface area (Å²) in [6, 6.07) is 18.5. The van der Waals surface area contributed by atoms with Gasteiger partial charge in [-0.05, 0) is 64.1 Å². The minimum Gasteiger partial charge on any atom is -0.491 e. The highest BCUT2D eigenvalue weighted by molar-refractivity contribution is 5.68. The van der Waals surface area contributed by atoms with Crippen molar-refractivity contribution >= 4 is 0 Å². The van der Waals surface area contributed by atoms with E-state index in [4.69, 9.17) is 14.6 Å². The van der Waals surface area contributed by atoms with E-state index in [1.807, 2.05) is 48.9 Å². The molecule has 2 aromatic carbocycles. The summed E-state index contributed by atoms with van der Waals surface area (Å²) >= 11 is 0. The van der Waals surface area contributed by atoms with Crippen LogP contribution in [0.15, 0.2) is 54.6 Å². The summed E-state index contributed by atoms with van der Waals surface area (Å²) < 4.78 is 13.9. The highest BCUT2D eigenvalue weighted by Crippen LogP contribution is 2.36. The lowest BCUT2D eigenvalue weighted by Crippen LogP contribution is -2.31. The molecule has 0 aliphatic carbocycles. The molecule has 0 radical (unpaired) electrons. The van der Waals surface area contributed by atoms with E-state index in [2.05, 4.69) is 38.1 Å². The normalized spacial score (nSPS) is 15.6. The zero-order valence-corrected chi connectivity index (χ0v) is 16.4. The Labute approximate surface area is 160 Å². The largest absolute Gasteiger partial charge is 0.491 e. The van der Waals surface area contributed by atoms with Crippen LogP contribution in [0.3, 0.4) is 0 Å². The zero-order chi connectivity index (χ0) is 19.0. The number of para-hydroxylation sites is 1. The Kier molecular flexibility index (Phi) is 4.52. The summed E-state index contributed by atoms with van der Waals surface area (Å²) in [6.45, 7) is 8.89. The van der Waals surface area contributed by atoms with Gasteiger partial charge in [0.2, 0.25) is 0 Å². The van der Waals surface area contributed by atoms with Crippen LogP contribution >= 0.6 is 0 Å². The molecule has 0 saturated carbocycles. The van der Waals surface area contributed by atoms with E-state index in [0.29, 0.717) is 6.61 Å². The second kappa shape index (κ2) is 6.86. The molecule has 4 heteroatoms. The quantitative estimate of drug-likeness (QED) is 0.642. The monoisotopic (exact) mass is 362 g/mol. The van der Waals surface area contributed by atoms with E-state index < -0.39 is 0 Å². The standard InChI is InChI=1S/C23H26N2O2/c1-16(2)27-19-12-10-17(11-13-19)22-20-15-26-23(3,4)14-21(20)24-25(22)18-8-6-5-7-9-18/h5-13,16H,14-15H2,1-4H3. The van der Waals surface area contributed by atoms with Gasteiger partial charge >= 0.3 is 0 Å². The first kappa shape index (κ1) is 17.8. The van der Waals surface area contributed by atoms with Crippen molar-refractivity contribution in [3.63, 3.8) is 0 Å². The lowest BCUT2D eigenvalue weighted by atomic mass is 9.94. The maximum Gasteiger partial charge on any atom is 0.119 e. The lowest BCUT2D eigenvalue weighted by Gasteiger charge is -2.29. The molecule has 0 bridgehead atoms. The summed E-state index contributed by atoms with van der Waals surface area (Å²) in [4.78, 5) is 0. The second-order valence-corrected chi connectivity index (χ2v) is 7.94. The molecule has 0 fully saturated rings. The van der Waals surface area contributed by atoms with Gasteiger partial charge in [0.25, 0.3) is 0 Å². The molecule has 3 aromatic rings. The molecular formula is C23H26N2O2. The molecular weight excluding hydrogens is 336 g/mol. The van der Waals surface area contributed by atoms with Crippen LogP contribution in [0.25, 0.3) is 16.9 Å². The predicted molar refractivity (Wildman–Crippen MR) is 107 cm³/mol. The molecule has 4 nitrogen and oxygen atoms in total. The van der Waals surface area contributed by atoms with Gasteiger partial charge in [-0.25, -0.2) is 4.68 Å². The molecule has 0 spiro atoms. The first-order valence-corrected chi connectivity index (χ1v) is 9.50. The van der Waals surface area contributed by atoms with E-state index >= 15 is 0 Å². The molecule has 0 atom stereocenters. The topological polar surface area (TPSA) is 36.3 Å². The molecule has 0 N–H and O–H groups in total. The molecule has 1 aliphatic rings. The van der Waals surface area contributed by atoms with Gasteiger partial charge in [0.1, 0.15) is 5.75 Å². The van der Waals surface area contributed by atoms with Crippen LogP contribution in [0, 0.1) is 0 Å². The first-order valence-electron chi connectivity index (χ1n) is 9.50. The summed E-state index contributed by atoms with van der Waals surface area (Å²) in [6.07, 6.45) is 0.970. The molecule has 1 aromatic heterocycles. The van der Waals surface area contributed by atoms with Crippen LogP contribution < -0.4 is 4.74 Å². The fourth-order valence-corrected chi connectivity index (χ4v) is 3.53. The number of hydrogen-bond acceptors (Lipinski definition) is 3. The van der Waals surface area contributed by atoms with Crippen molar-refractivity contribution < 1.29 is 9.47 Å². The zero-order valence-electron chi connectivity index (χ0n) is 16.4. The number of aromatic nitrogens is 2. The van der Waals surface area contributed by atoms with Crippen LogP contribution in [-0.2, 0) is 17.8 Å². The molecule has 0 amide bonds. The Morgan fingerprint density at radius 2 is 1.74 bits per heavy atom. The van der Waals surface area contributed by atoms with Crippen LogP contribution in [0.1, 0.15) is 39.0 Å². The van der Waals surface area contributed by atoms with Crippen molar-refractivity contribution in [2.75, 3.05) is 0 Å². The smallest absolute Gasteiger partial charge is 0.119 e. The van der Waals surface area contributed by atoms with Crippen LogP contribution in [0.5, 0.6) is 5.75 Å². The molecule has 27 heavy (non-hydrogen) atoms. The maximum absolute atomic E-state index is 6.10. The molecule has 1 aliphatic heterocycles. The van der Waals surface area contributed by atoms with E-state index in [0.717, 1.165) is 34.8 Å². The summed E-state index contributed by atoms with van der Waals surface area (Å²) in [7, 11) is 0. The summed E-state index contributed by atoms with van der Waals surface area (Å²) in [5.41, 5.74) is 5.38. The number of benzene rings is 2. The van der Waals surface area contributed by atoms with Gasteiger partial charge in [0.05, 0.1) is 35.4 Å². The summed E-state index contributed by atoms with van der Waals surface area (Å²) in [5.74, 6) is 0.880. The number of hydrogen-bond donors (Lipinski definition) is 0. The van der Waals surface area contributed by atoms with Crippen LogP contribution in [0.4, 0.5) is 0 Å². The number of rotatable bonds is 4. The fraction of sp³-hybridized carbons (Fsp3) is 0.348. The fourth-order valence-electron chi connectivity index (χ4n) is 3.53. The van der Waals surface area contributed by atoms with Crippen molar-refractivity contribution in [3.8, 4) is 22.7 Å². The van der Waals surface area contributed by atoms with Crippen LogP contribution in [-0.4, -0.2) is 21.5 Å². The number of fused-ring (bicyclic) bond motifs is 1. The minimum absolute atomic E-state index is 0.161. The molecule has 4 rings (SSSR count). The second-order valence-electron chi connectivity index (χ2n) is 7.94. The Bertz CT molecular complexity index is 925. The van der Waals surface area contributed by atoms with Crippen molar-refractivity contribution in [2.45, 2.75) is 52.4 Å². The first-order chi connectivity index (χ1) is 12.9. The van der Waals surface area contributed by atoms with Gasteiger partial charge < -0.3 is 9.47 Å². The predicted octanol–water partition coefficient (Wildman–Crippen LogP) is 5.18. The van der Waals surface area contributed by atoms with Gasteiger partial charge in [0, 0.05) is 17.5 Å². The van der Waals surface area contributed by atoms with E-state index in [9.17, 15) is 0 Å². The minimum atomic E-state index is -0.185. The molecule has 0 unspecified atom stereocenters. The van der Waals surface area contributed by atoms with Gasteiger partial charge in [-0.3, -0.25) is 0 Å². The van der Waals surface area contributed by atoms with Gasteiger partial charge in [-0.15, -0.1) is 0 Å². The highest BCUT2D eigenvalue weighted by atomic mass is 16.5.